The van der Waals surface area contributed by atoms with Crippen LogP contribution >= 0.6 is 0 Å². The summed E-state index contributed by atoms with van der Waals surface area (Å²) in [6.07, 6.45) is -0.712. The van der Waals surface area contributed by atoms with E-state index in [1.165, 1.54) is 18.2 Å². The van der Waals surface area contributed by atoms with Gasteiger partial charge in [0.05, 0.1) is 0 Å². The Kier molecular flexibility index (Phi) is 2.64. The van der Waals surface area contributed by atoms with Gasteiger partial charge in [-0.05, 0) is 11.6 Å². The highest BCUT2D eigenvalue weighted by Gasteiger charge is 2.29. The van der Waals surface area contributed by atoms with E-state index in [2.05, 4.69) is 4.74 Å². The van der Waals surface area contributed by atoms with Gasteiger partial charge >= 0.3 is 12.6 Å². The Labute approximate surface area is 89.4 Å². The van der Waals surface area contributed by atoms with Crippen LogP contribution in [-0.2, 0) is 11.2 Å². The number of hydrogen-bond donors (Lipinski definition) is 1. The molecule has 1 atom stereocenters. The molecule has 6 heteroatoms. The zero-order valence-corrected chi connectivity index (χ0v) is 8.02. The number of aliphatic carboxylic acids is 1. The van der Waals surface area contributed by atoms with Crippen LogP contribution in [0.5, 0.6) is 11.5 Å². The van der Waals surface area contributed by atoms with Gasteiger partial charge in [-0.25, -0.2) is 4.79 Å². The Bertz CT molecular complexity index is 419. The quantitative estimate of drug-likeness (QED) is 0.858. The van der Waals surface area contributed by atoms with Crippen molar-refractivity contribution < 1.29 is 28.2 Å². The molecule has 0 bridgehead atoms. The summed E-state index contributed by atoms with van der Waals surface area (Å²) in [4.78, 5) is 10.7. The number of halogens is 2. The molecule has 16 heavy (non-hydrogen) atoms. The first-order valence-electron chi connectivity index (χ1n) is 4.53. The molecule has 0 amide bonds. The highest BCUT2D eigenvalue weighted by molar-refractivity contribution is 5.74. The lowest BCUT2D eigenvalue weighted by Crippen LogP contribution is -2.24. The Morgan fingerprint density at radius 1 is 1.56 bits per heavy atom. The van der Waals surface area contributed by atoms with Crippen molar-refractivity contribution in [2.24, 2.45) is 0 Å². The highest BCUT2D eigenvalue weighted by Crippen LogP contribution is 2.32. The van der Waals surface area contributed by atoms with Crippen LogP contribution in [0.1, 0.15) is 5.56 Å². The predicted molar refractivity (Wildman–Crippen MR) is 48.8 cm³/mol. The summed E-state index contributed by atoms with van der Waals surface area (Å²) >= 11 is 0. The van der Waals surface area contributed by atoms with Crippen molar-refractivity contribution in [1.29, 1.82) is 0 Å². The first kappa shape index (κ1) is 10.7. The molecule has 0 fully saturated rings. The van der Waals surface area contributed by atoms with E-state index >= 15 is 0 Å². The summed E-state index contributed by atoms with van der Waals surface area (Å²) in [7, 11) is 0. The Balaban J connectivity index is 2.17. The summed E-state index contributed by atoms with van der Waals surface area (Å²) in [5.74, 6) is -0.835. The molecule has 1 aromatic carbocycles. The maximum Gasteiger partial charge on any atom is 0.387 e. The van der Waals surface area contributed by atoms with Gasteiger partial charge in [0.2, 0.25) is 0 Å². The molecule has 1 aromatic rings. The molecule has 0 spiro atoms. The lowest BCUT2D eigenvalue weighted by Gasteiger charge is -2.06. The maximum absolute atomic E-state index is 11.9. The molecule has 0 aliphatic carbocycles. The van der Waals surface area contributed by atoms with Crippen LogP contribution in [-0.4, -0.2) is 23.8 Å². The average molecular weight is 230 g/mol. The van der Waals surface area contributed by atoms with E-state index in [4.69, 9.17) is 9.84 Å². The fraction of sp³-hybridized carbons (Fsp3) is 0.300. The molecular weight excluding hydrogens is 222 g/mol. The first-order valence-corrected chi connectivity index (χ1v) is 4.53. The van der Waals surface area contributed by atoms with Crippen molar-refractivity contribution in [3.05, 3.63) is 23.8 Å². The van der Waals surface area contributed by atoms with E-state index in [0.717, 1.165) is 0 Å². The number of ether oxygens (including phenoxy) is 2. The molecule has 0 saturated carbocycles. The van der Waals surface area contributed by atoms with Gasteiger partial charge in [-0.2, -0.15) is 8.78 Å². The minimum atomic E-state index is -2.91. The molecule has 0 radical (unpaired) electrons. The van der Waals surface area contributed by atoms with Crippen LogP contribution < -0.4 is 9.47 Å². The molecule has 1 aliphatic rings. The number of benzene rings is 1. The van der Waals surface area contributed by atoms with Gasteiger partial charge < -0.3 is 14.6 Å². The second kappa shape index (κ2) is 3.96. The highest BCUT2D eigenvalue weighted by atomic mass is 19.3. The monoisotopic (exact) mass is 230 g/mol. The Hall–Kier alpha value is -1.85. The Morgan fingerprint density at radius 3 is 2.94 bits per heavy atom. The van der Waals surface area contributed by atoms with Crippen molar-refractivity contribution in [2.75, 3.05) is 0 Å². The van der Waals surface area contributed by atoms with Gasteiger partial charge in [0.1, 0.15) is 11.5 Å². The number of hydrogen-bond acceptors (Lipinski definition) is 3. The van der Waals surface area contributed by atoms with Crippen LogP contribution in [0.15, 0.2) is 18.2 Å². The van der Waals surface area contributed by atoms with Gasteiger partial charge in [-0.15, -0.1) is 0 Å². The lowest BCUT2D eigenvalue weighted by atomic mass is 10.1. The summed E-state index contributed by atoms with van der Waals surface area (Å²) in [5, 5.41) is 8.72. The number of fused-ring (bicyclic) bond motifs is 1. The van der Waals surface area contributed by atoms with Gasteiger partial charge in [-0.3, -0.25) is 0 Å². The van der Waals surface area contributed by atoms with Crippen LogP contribution in [0.25, 0.3) is 0 Å². The number of carboxylic acids is 1. The second-order valence-electron chi connectivity index (χ2n) is 3.30. The third-order valence-electron chi connectivity index (χ3n) is 2.21. The third-order valence-corrected chi connectivity index (χ3v) is 2.21. The normalized spacial score (nSPS) is 18.1. The Morgan fingerprint density at radius 2 is 2.31 bits per heavy atom. The van der Waals surface area contributed by atoms with E-state index in [0.29, 0.717) is 5.56 Å². The summed E-state index contributed by atoms with van der Waals surface area (Å²) in [6.45, 7) is -2.91. The molecule has 1 aliphatic heterocycles. The zero-order chi connectivity index (χ0) is 11.7. The van der Waals surface area contributed by atoms with Crippen molar-refractivity contribution >= 4 is 5.97 Å². The van der Waals surface area contributed by atoms with Crippen LogP contribution in [0.2, 0.25) is 0 Å². The first-order chi connectivity index (χ1) is 7.56. The number of carbonyl (C=O) groups is 1. The maximum atomic E-state index is 11.9. The summed E-state index contributed by atoms with van der Waals surface area (Å²) in [6, 6.07) is 4.15. The largest absolute Gasteiger partial charge is 0.478 e. The van der Waals surface area contributed by atoms with Crippen molar-refractivity contribution in [2.45, 2.75) is 19.1 Å². The number of alkyl halides is 2. The van der Waals surface area contributed by atoms with E-state index < -0.39 is 18.7 Å². The topological polar surface area (TPSA) is 55.8 Å². The van der Waals surface area contributed by atoms with E-state index in [1.54, 1.807) is 0 Å². The number of carboxylic acid groups (broad SMARTS) is 1. The number of rotatable bonds is 3. The van der Waals surface area contributed by atoms with E-state index in [9.17, 15) is 13.6 Å². The van der Waals surface area contributed by atoms with Gasteiger partial charge in [0.25, 0.3) is 0 Å². The molecule has 2 rings (SSSR count). The van der Waals surface area contributed by atoms with Gasteiger partial charge in [0, 0.05) is 12.5 Å². The minimum absolute atomic E-state index is 0.0419. The second-order valence-corrected chi connectivity index (χ2v) is 3.30. The SMILES string of the molecule is O=C(O)[C@H]1Cc2ccc(OC(F)F)cc2O1. The molecule has 86 valence electrons. The predicted octanol–water partition coefficient (Wildman–Crippen LogP) is 1.68. The van der Waals surface area contributed by atoms with Gasteiger partial charge in [0.15, 0.2) is 6.10 Å². The molecular formula is C10H8F2O4. The van der Waals surface area contributed by atoms with Crippen molar-refractivity contribution in [3.8, 4) is 11.5 Å². The standard InChI is InChI=1S/C10H8F2O4/c11-10(12)15-6-2-1-5-3-8(9(13)14)16-7(5)4-6/h1-2,4,8,10H,3H2,(H,13,14)/t8-/m1/s1. The van der Waals surface area contributed by atoms with Crippen LogP contribution in [0.4, 0.5) is 8.78 Å². The summed E-state index contributed by atoms with van der Waals surface area (Å²) in [5.41, 5.74) is 0.675. The fourth-order valence-electron chi connectivity index (χ4n) is 1.52. The van der Waals surface area contributed by atoms with Crippen LogP contribution in [0, 0.1) is 0 Å². The minimum Gasteiger partial charge on any atom is -0.478 e. The molecule has 0 aromatic heterocycles. The van der Waals surface area contributed by atoms with Crippen molar-refractivity contribution in [3.63, 3.8) is 0 Å². The molecule has 1 N–H and O–H groups in total. The van der Waals surface area contributed by atoms with E-state index in [1.807, 2.05) is 0 Å². The van der Waals surface area contributed by atoms with Gasteiger partial charge in [-0.1, -0.05) is 6.07 Å². The zero-order valence-electron chi connectivity index (χ0n) is 8.02. The van der Waals surface area contributed by atoms with E-state index in [-0.39, 0.29) is 17.9 Å². The average Bonchev–Trinajstić information content (AvgIpc) is 2.59. The molecule has 0 unspecified atom stereocenters. The molecule has 4 nitrogen and oxygen atoms in total. The fourth-order valence-corrected chi connectivity index (χ4v) is 1.52. The third kappa shape index (κ3) is 2.05. The lowest BCUT2D eigenvalue weighted by molar-refractivity contribution is -0.144. The van der Waals surface area contributed by atoms with Crippen LogP contribution in [0.3, 0.4) is 0 Å². The molecule has 0 saturated heterocycles. The van der Waals surface area contributed by atoms with Crippen molar-refractivity contribution in [1.82, 2.24) is 0 Å². The molecule has 1 heterocycles. The summed E-state index contributed by atoms with van der Waals surface area (Å²) < 4.78 is 33.1. The smallest absolute Gasteiger partial charge is 0.387 e.